The number of aryl methyl sites for hydroxylation is 1. The summed E-state index contributed by atoms with van der Waals surface area (Å²) in [6.07, 6.45) is 2.42. The molecule has 2 amide bonds. The SMILES string of the molecule is CC(N=C(N)Nc1ccc(CCCCN=C(N)NC(=O)c2nc(Cl)c(N)nc2N)cc1)C(N)=O. The van der Waals surface area contributed by atoms with Crippen LogP contribution in [0.4, 0.5) is 17.3 Å². The molecule has 12 N–H and O–H groups in total. The Morgan fingerprint density at radius 3 is 2.35 bits per heavy atom. The summed E-state index contributed by atoms with van der Waals surface area (Å²) in [5, 5.41) is 5.16. The maximum Gasteiger partial charge on any atom is 0.280 e. The number of primary amides is 1. The van der Waals surface area contributed by atoms with Crippen LogP contribution in [0.25, 0.3) is 0 Å². The van der Waals surface area contributed by atoms with Gasteiger partial charge in [-0.3, -0.25) is 19.9 Å². The Bertz CT molecular complexity index is 1090. The molecule has 14 heteroatoms. The fraction of sp³-hybridized carbons (Fsp3) is 0.300. The molecule has 0 aliphatic carbocycles. The van der Waals surface area contributed by atoms with Gasteiger partial charge in [0.15, 0.2) is 34.4 Å². The molecule has 0 aliphatic rings. The van der Waals surface area contributed by atoms with E-state index in [0.29, 0.717) is 6.54 Å². The number of carbonyl (C=O) groups is 2. The van der Waals surface area contributed by atoms with Crippen LogP contribution in [0.1, 0.15) is 35.8 Å². The molecule has 34 heavy (non-hydrogen) atoms. The van der Waals surface area contributed by atoms with E-state index < -0.39 is 17.9 Å². The van der Waals surface area contributed by atoms with Crippen molar-refractivity contribution in [3.05, 3.63) is 40.7 Å². The number of aromatic nitrogens is 2. The summed E-state index contributed by atoms with van der Waals surface area (Å²) in [5.74, 6) is -1.44. The van der Waals surface area contributed by atoms with E-state index in [9.17, 15) is 9.59 Å². The zero-order valence-electron chi connectivity index (χ0n) is 18.6. The van der Waals surface area contributed by atoms with Crippen molar-refractivity contribution in [2.45, 2.75) is 32.2 Å². The number of halogens is 1. The predicted octanol–water partition coefficient (Wildman–Crippen LogP) is -0.0378. The average molecular weight is 490 g/mol. The highest BCUT2D eigenvalue weighted by molar-refractivity contribution is 6.31. The Labute approximate surface area is 201 Å². The molecule has 0 bridgehead atoms. The number of nitrogens with two attached hydrogens (primary N) is 5. The molecule has 0 saturated carbocycles. The summed E-state index contributed by atoms with van der Waals surface area (Å²) in [7, 11) is 0. The van der Waals surface area contributed by atoms with Crippen molar-refractivity contribution in [3.63, 3.8) is 0 Å². The predicted molar refractivity (Wildman–Crippen MR) is 133 cm³/mol. The van der Waals surface area contributed by atoms with E-state index in [4.69, 9.17) is 40.3 Å². The molecule has 0 radical (unpaired) electrons. The van der Waals surface area contributed by atoms with Crippen molar-refractivity contribution in [3.8, 4) is 0 Å². The molecule has 2 rings (SSSR count). The fourth-order valence-corrected chi connectivity index (χ4v) is 2.80. The summed E-state index contributed by atoms with van der Waals surface area (Å²) < 4.78 is 0. The summed E-state index contributed by atoms with van der Waals surface area (Å²) in [6.45, 7) is 1.98. The van der Waals surface area contributed by atoms with Crippen LogP contribution in [0.5, 0.6) is 0 Å². The van der Waals surface area contributed by atoms with Gasteiger partial charge in [-0.1, -0.05) is 23.7 Å². The number of carbonyl (C=O) groups excluding carboxylic acids is 2. The highest BCUT2D eigenvalue weighted by Crippen LogP contribution is 2.17. The summed E-state index contributed by atoms with van der Waals surface area (Å²) >= 11 is 5.77. The summed E-state index contributed by atoms with van der Waals surface area (Å²) in [6, 6.07) is 6.91. The molecular formula is C20H28ClN11O2. The van der Waals surface area contributed by atoms with Gasteiger partial charge in [-0.25, -0.2) is 15.0 Å². The van der Waals surface area contributed by atoms with Gasteiger partial charge in [0.25, 0.3) is 5.91 Å². The van der Waals surface area contributed by atoms with Gasteiger partial charge < -0.3 is 34.0 Å². The van der Waals surface area contributed by atoms with E-state index in [1.54, 1.807) is 6.92 Å². The van der Waals surface area contributed by atoms with Crippen molar-refractivity contribution in [2.24, 2.45) is 27.2 Å². The maximum absolute atomic E-state index is 12.2. The van der Waals surface area contributed by atoms with E-state index in [1.165, 1.54) is 0 Å². The quantitative estimate of drug-likeness (QED) is 0.142. The first-order chi connectivity index (χ1) is 16.1. The van der Waals surface area contributed by atoms with Crippen LogP contribution < -0.4 is 39.3 Å². The van der Waals surface area contributed by atoms with E-state index in [-0.39, 0.29) is 34.4 Å². The number of hydrogen-bond acceptors (Lipinski definition) is 8. The van der Waals surface area contributed by atoms with Gasteiger partial charge in [-0.15, -0.1) is 0 Å². The Kier molecular flexibility index (Phi) is 9.38. The number of nitrogens with zero attached hydrogens (tertiary/aromatic N) is 4. The molecule has 1 unspecified atom stereocenters. The van der Waals surface area contributed by atoms with Gasteiger partial charge >= 0.3 is 0 Å². The number of rotatable bonds is 9. The van der Waals surface area contributed by atoms with Gasteiger partial charge in [-0.2, -0.15) is 0 Å². The lowest BCUT2D eigenvalue weighted by molar-refractivity contribution is -0.118. The largest absolute Gasteiger partial charge is 0.382 e. The number of aliphatic imine (C=N–C) groups is 2. The number of unbranched alkanes of at least 4 members (excludes halogenated alkanes) is 1. The molecule has 0 aliphatic heterocycles. The minimum absolute atomic E-state index is 0.0699. The molecule has 1 aromatic heterocycles. The van der Waals surface area contributed by atoms with E-state index in [1.807, 2.05) is 24.3 Å². The number of anilines is 3. The monoisotopic (exact) mass is 489 g/mol. The number of nitrogens with one attached hydrogen (secondary N) is 2. The van der Waals surface area contributed by atoms with Crippen LogP contribution in [0, 0.1) is 0 Å². The second-order valence-electron chi connectivity index (χ2n) is 7.23. The Morgan fingerprint density at radius 2 is 1.71 bits per heavy atom. The summed E-state index contributed by atoms with van der Waals surface area (Å²) in [5.41, 5.74) is 29.5. The zero-order valence-corrected chi connectivity index (χ0v) is 19.3. The average Bonchev–Trinajstić information content (AvgIpc) is 2.76. The first kappa shape index (κ1) is 26.1. The molecule has 1 aromatic carbocycles. The van der Waals surface area contributed by atoms with Crippen molar-refractivity contribution in [1.29, 1.82) is 0 Å². The third kappa shape index (κ3) is 8.09. The van der Waals surface area contributed by atoms with Gasteiger partial charge in [-0.05, 0) is 43.9 Å². The number of benzene rings is 1. The highest BCUT2D eigenvalue weighted by Gasteiger charge is 2.16. The Morgan fingerprint density at radius 1 is 1.03 bits per heavy atom. The molecule has 1 atom stereocenters. The molecule has 1 heterocycles. The second-order valence-corrected chi connectivity index (χ2v) is 7.58. The smallest absolute Gasteiger partial charge is 0.280 e. The van der Waals surface area contributed by atoms with Gasteiger partial charge in [0.1, 0.15) is 6.04 Å². The molecule has 2 aromatic rings. The minimum Gasteiger partial charge on any atom is -0.382 e. The van der Waals surface area contributed by atoms with Crippen molar-refractivity contribution < 1.29 is 9.59 Å². The van der Waals surface area contributed by atoms with Crippen LogP contribution in [0.2, 0.25) is 5.15 Å². The van der Waals surface area contributed by atoms with Crippen LogP contribution >= 0.6 is 11.6 Å². The second kappa shape index (κ2) is 12.2. The third-order valence-corrected chi connectivity index (χ3v) is 4.77. The lowest BCUT2D eigenvalue weighted by Crippen LogP contribution is -2.38. The van der Waals surface area contributed by atoms with Gasteiger partial charge in [0.2, 0.25) is 5.91 Å². The zero-order chi connectivity index (χ0) is 25.3. The molecule has 0 spiro atoms. The first-order valence-corrected chi connectivity index (χ1v) is 10.6. The topological polar surface area (TPSA) is 239 Å². The molecule has 0 fully saturated rings. The number of guanidine groups is 2. The van der Waals surface area contributed by atoms with Crippen LogP contribution in [-0.2, 0) is 11.2 Å². The third-order valence-electron chi connectivity index (χ3n) is 4.49. The van der Waals surface area contributed by atoms with Crippen molar-refractivity contribution in [1.82, 2.24) is 15.3 Å². The van der Waals surface area contributed by atoms with Gasteiger partial charge in [0.05, 0.1) is 0 Å². The van der Waals surface area contributed by atoms with E-state index in [0.717, 1.165) is 30.5 Å². The Balaban J connectivity index is 1.76. The van der Waals surface area contributed by atoms with E-state index >= 15 is 0 Å². The highest BCUT2D eigenvalue weighted by atomic mass is 35.5. The lowest BCUT2D eigenvalue weighted by atomic mass is 10.1. The van der Waals surface area contributed by atoms with Crippen LogP contribution in [-0.4, -0.2) is 46.3 Å². The Hall–Kier alpha value is -4.13. The molecule has 13 nitrogen and oxygen atoms in total. The standard InChI is InChI=1S/C20H28ClN11O2/c1-10(17(24)33)28-20(26)29-12-7-5-11(6-8-12)4-2-3-9-27-19(25)32-18(34)13-15(22)31-16(23)14(21)30-13/h5-8,10H,2-4,9H2,1H3,(H2,24,33)(H4,22,23,31)(H3,26,28,29)(H3,25,27,32,34). The maximum atomic E-state index is 12.2. The van der Waals surface area contributed by atoms with Crippen molar-refractivity contribution >= 4 is 52.7 Å². The number of hydrogen-bond donors (Lipinski definition) is 7. The van der Waals surface area contributed by atoms with Crippen molar-refractivity contribution in [2.75, 3.05) is 23.3 Å². The summed E-state index contributed by atoms with van der Waals surface area (Å²) in [4.78, 5) is 38.9. The van der Waals surface area contributed by atoms with E-state index in [2.05, 4.69) is 30.6 Å². The minimum atomic E-state index is -0.709. The normalized spacial score (nSPS) is 12.8. The van der Waals surface area contributed by atoms with Gasteiger partial charge in [0, 0.05) is 12.2 Å². The van der Waals surface area contributed by atoms with Crippen LogP contribution in [0.15, 0.2) is 34.3 Å². The van der Waals surface area contributed by atoms with Crippen LogP contribution in [0.3, 0.4) is 0 Å². The fourth-order valence-electron chi connectivity index (χ4n) is 2.67. The lowest BCUT2D eigenvalue weighted by Gasteiger charge is -2.09. The molecule has 0 saturated heterocycles. The molecule has 182 valence electrons. The first-order valence-electron chi connectivity index (χ1n) is 10.2. The number of amides is 2. The number of nitrogen functional groups attached to an aromatic ring is 2. The molecular weight excluding hydrogens is 462 g/mol.